The van der Waals surface area contributed by atoms with Crippen molar-refractivity contribution in [2.24, 2.45) is 0 Å². The molecule has 0 unspecified atom stereocenters. The Morgan fingerprint density at radius 2 is 1.94 bits per heavy atom. The number of hydrogen-bond acceptors (Lipinski definition) is 6. The van der Waals surface area contributed by atoms with Crippen LogP contribution in [-0.2, 0) is 9.59 Å². The molecule has 2 amide bonds. The van der Waals surface area contributed by atoms with Crippen LogP contribution >= 0.6 is 23.2 Å². The molecular weight excluding hydrogens is 475 g/mol. The molecule has 3 heterocycles. The van der Waals surface area contributed by atoms with E-state index in [1.165, 1.54) is 0 Å². The van der Waals surface area contributed by atoms with E-state index in [1.807, 2.05) is 23.2 Å². The maximum atomic E-state index is 12.7. The van der Waals surface area contributed by atoms with Crippen LogP contribution in [0.5, 0.6) is 0 Å². The summed E-state index contributed by atoms with van der Waals surface area (Å²) in [6.07, 6.45) is 5.23. The number of rotatable bonds is 6. The first-order valence-corrected chi connectivity index (χ1v) is 12.6. The molecule has 2 N–H and O–H groups in total. The number of hydrogen-bond donors (Lipinski definition) is 2. The number of halogens is 2. The highest BCUT2D eigenvalue weighted by atomic mass is 35.5. The van der Waals surface area contributed by atoms with Crippen molar-refractivity contribution in [3.05, 3.63) is 45.6 Å². The molecule has 34 heavy (non-hydrogen) atoms. The Morgan fingerprint density at radius 1 is 1.18 bits per heavy atom. The molecule has 5 rings (SSSR count). The zero-order chi connectivity index (χ0) is 23.8. The van der Waals surface area contributed by atoms with Gasteiger partial charge in [-0.1, -0.05) is 29.3 Å². The van der Waals surface area contributed by atoms with Crippen molar-refractivity contribution in [2.75, 3.05) is 36.4 Å². The number of carbonyl (C=O) groups is 2. The van der Waals surface area contributed by atoms with Gasteiger partial charge in [-0.15, -0.1) is 0 Å². The van der Waals surface area contributed by atoms with E-state index in [-0.39, 0.29) is 23.9 Å². The van der Waals surface area contributed by atoms with Crippen LogP contribution < -0.4 is 15.5 Å². The lowest BCUT2D eigenvalue weighted by Crippen LogP contribution is -2.53. The summed E-state index contributed by atoms with van der Waals surface area (Å²) in [5.74, 6) is 1.93. The molecule has 180 valence electrons. The molecule has 1 saturated carbocycles. The van der Waals surface area contributed by atoms with Crippen LogP contribution in [-0.4, -0.2) is 58.9 Å². The molecule has 2 atom stereocenters. The Labute approximate surface area is 209 Å². The van der Waals surface area contributed by atoms with E-state index >= 15 is 0 Å². The van der Waals surface area contributed by atoms with Crippen molar-refractivity contribution >= 4 is 46.8 Å². The number of carbonyl (C=O) groups excluding carboxylic acids is 2. The topological polar surface area (TPSA) is 90.5 Å². The first-order valence-electron chi connectivity index (χ1n) is 11.8. The summed E-state index contributed by atoms with van der Waals surface area (Å²) in [7, 11) is 0. The fourth-order valence-electron chi connectivity index (χ4n) is 4.62. The van der Waals surface area contributed by atoms with Crippen molar-refractivity contribution in [1.29, 1.82) is 0 Å². The second-order valence-corrected chi connectivity index (χ2v) is 10.1. The van der Waals surface area contributed by atoms with Gasteiger partial charge in [-0.05, 0) is 49.8 Å². The number of aromatic nitrogens is 2. The largest absolute Gasteiger partial charge is 0.363 e. The van der Waals surface area contributed by atoms with Gasteiger partial charge in [0.25, 0.3) is 0 Å². The molecule has 3 fully saturated rings. The van der Waals surface area contributed by atoms with Crippen molar-refractivity contribution in [3.8, 4) is 0 Å². The molecule has 8 nitrogen and oxygen atoms in total. The molecule has 1 aromatic carbocycles. The first kappa shape index (κ1) is 23.2. The minimum Gasteiger partial charge on any atom is -0.363 e. The van der Waals surface area contributed by atoms with Crippen molar-refractivity contribution in [3.63, 3.8) is 0 Å². The Kier molecular flexibility index (Phi) is 6.53. The maximum absolute atomic E-state index is 12.7. The van der Waals surface area contributed by atoms with Gasteiger partial charge in [0.15, 0.2) is 0 Å². The predicted molar refractivity (Wildman–Crippen MR) is 132 cm³/mol. The summed E-state index contributed by atoms with van der Waals surface area (Å²) in [6.45, 7) is 4.51. The lowest BCUT2D eigenvalue weighted by atomic mass is 10.1. The Bertz CT molecular complexity index is 1100. The van der Waals surface area contributed by atoms with Crippen LogP contribution in [0.15, 0.2) is 24.4 Å². The maximum Gasteiger partial charge on any atom is 0.245 e. The van der Waals surface area contributed by atoms with Crippen LogP contribution in [0.4, 0.5) is 11.8 Å². The highest BCUT2D eigenvalue weighted by molar-refractivity contribution is 6.35. The second kappa shape index (κ2) is 9.58. The van der Waals surface area contributed by atoms with Gasteiger partial charge in [0.1, 0.15) is 11.9 Å². The Morgan fingerprint density at radius 3 is 2.59 bits per heavy atom. The normalized spacial score (nSPS) is 21.4. The molecule has 2 aromatic rings. The smallest absolute Gasteiger partial charge is 0.245 e. The molecule has 0 radical (unpaired) electrons. The van der Waals surface area contributed by atoms with Crippen LogP contribution in [0.3, 0.4) is 0 Å². The highest BCUT2D eigenvalue weighted by Gasteiger charge is 2.33. The third-order valence-corrected chi connectivity index (χ3v) is 7.33. The average molecular weight is 503 g/mol. The SMILES string of the molecule is C[C@@H](Nc1nc(N2CCN(C(=O)[C@H]3CCC(=O)N3)CC2)ncc1C1CC1)c1ccc(Cl)cc1Cl. The van der Waals surface area contributed by atoms with E-state index in [0.717, 1.165) is 29.8 Å². The molecule has 0 bridgehead atoms. The predicted octanol–water partition coefficient (Wildman–Crippen LogP) is 3.76. The summed E-state index contributed by atoms with van der Waals surface area (Å²) in [5, 5.41) is 7.54. The lowest BCUT2D eigenvalue weighted by molar-refractivity contribution is -0.134. The second-order valence-electron chi connectivity index (χ2n) is 9.25. The minimum atomic E-state index is -0.384. The lowest BCUT2D eigenvalue weighted by Gasteiger charge is -2.36. The number of amides is 2. The van der Waals surface area contributed by atoms with E-state index in [9.17, 15) is 9.59 Å². The van der Waals surface area contributed by atoms with Gasteiger partial charge in [-0.2, -0.15) is 4.98 Å². The molecule has 0 spiro atoms. The standard InChI is InChI=1S/C24H28Cl2N6O2/c1-14(17-5-4-16(25)12-19(17)26)28-22-18(15-2-3-15)13-27-24(30-22)32-10-8-31(9-11-32)23(34)20-6-7-21(33)29-20/h4-5,12-15,20H,2-3,6-11H2,1H3,(H,29,33)(H,27,28,30)/t14-,20-/m1/s1. The molecular formula is C24H28Cl2N6O2. The zero-order valence-corrected chi connectivity index (χ0v) is 20.6. The van der Waals surface area contributed by atoms with E-state index in [2.05, 4.69) is 27.4 Å². The summed E-state index contributed by atoms with van der Waals surface area (Å²) in [6, 6.07) is 5.09. The van der Waals surface area contributed by atoms with Crippen LogP contribution in [0.2, 0.25) is 10.0 Å². The van der Waals surface area contributed by atoms with Crippen LogP contribution in [0.25, 0.3) is 0 Å². The third-order valence-electron chi connectivity index (χ3n) is 6.77. The molecule has 1 aliphatic carbocycles. The zero-order valence-electron chi connectivity index (χ0n) is 19.1. The summed E-state index contributed by atoms with van der Waals surface area (Å²) >= 11 is 12.5. The number of nitrogens with one attached hydrogen (secondary N) is 2. The van der Waals surface area contributed by atoms with Gasteiger partial charge in [-0.25, -0.2) is 4.98 Å². The molecule has 2 saturated heterocycles. The van der Waals surface area contributed by atoms with Gasteiger partial charge < -0.3 is 20.4 Å². The van der Waals surface area contributed by atoms with Gasteiger partial charge in [0.05, 0.1) is 6.04 Å². The van der Waals surface area contributed by atoms with E-state index in [4.69, 9.17) is 28.2 Å². The minimum absolute atomic E-state index is 0.00604. The Hall–Kier alpha value is -2.58. The van der Waals surface area contributed by atoms with Crippen molar-refractivity contribution < 1.29 is 9.59 Å². The first-order chi connectivity index (χ1) is 16.4. The van der Waals surface area contributed by atoms with Gasteiger partial charge in [0.2, 0.25) is 17.8 Å². The van der Waals surface area contributed by atoms with Gasteiger partial charge in [0, 0.05) is 54.4 Å². The fourth-order valence-corrected chi connectivity index (χ4v) is 5.20. The number of nitrogens with zero attached hydrogens (tertiary/aromatic N) is 4. The quantitative estimate of drug-likeness (QED) is 0.624. The fraction of sp³-hybridized carbons (Fsp3) is 0.500. The van der Waals surface area contributed by atoms with Crippen LogP contribution in [0.1, 0.15) is 55.7 Å². The van der Waals surface area contributed by atoms with E-state index < -0.39 is 0 Å². The third kappa shape index (κ3) is 4.93. The van der Waals surface area contributed by atoms with E-state index in [1.54, 1.807) is 6.07 Å². The number of benzene rings is 1. The van der Waals surface area contributed by atoms with Gasteiger partial charge in [-0.3, -0.25) is 9.59 Å². The molecule has 3 aliphatic rings. The molecule has 1 aromatic heterocycles. The summed E-state index contributed by atoms with van der Waals surface area (Å²) in [5.41, 5.74) is 2.09. The molecule has 2 aliphatic heterocycles. The Balaban J connectivity index is 1.28. The summed E-state index contributed by atoms with van der Waals surface area (Å²) in [4.78, 5) is 37.7. The van der Waals surface area contributed by atoms with Gasteiger partial charge >= 0.3 is 0 Å². The highest BCUT2D eigenvalue weighted by Crippen LogP contribution is 2.43. The van der Waals surface area contributed by atoms with Crippen molar-refractivity contribution in [1.82, 2.24) is 20.2 Å². The average Bonchev–Trinajstić information content (AvgIpc) is 3.58. The van der Waals surface area contributed by atoms with E-state index in [0.29, 0.717) is 60.9 Å². The summed E-state index contributed by atoms with van der Waals surface area (Å²) < 4.78 is 0. The molecule has 10 heteroatoms. The van der Waals surface area contributed by atoms with Crippen molar-refractivity contribution in [2.45, 2.75) is 50.6 Å². The monoisotopic (exact) mass is 502 g/mol. The number of anilines is 2. The number of piperazine rings is 1. The van der Waals surface area contributed by atoms with Crippen LogP contribution in [0, 0.1) is 0 Å².